The van der Waals surface area contributed by atoms with Crippen LogP contribution in [0.2, 0.25) is 0 Å². The number of hydrogen-bond acceptors (Lipinski definition) is 3. The molecule has 150 valence electrons. The molecule has 3 N–H and O–H groups in total. The topological polar surface area (TPSA) is 41.3 Å². The highest BCUT2D eigenvalue weighted by Gasteiger charge is 2.10. The van der Waals surface area contributed by atoms with E-state index in [1.165, 1.54) is 22.4 Å². The smallest absolute Gasteiger partial charge is 0.0446 e. The Morgan fingerprint density at radius 2 is 1.79 bits per heavy atom. The Balaban J connectivity index is 2.18. The van der Waals surface area contributed by atoms with Crippen LogP contribution in [0.5, 0.6) is 0 Å². The number of anilines is 3. The maximum atomic E-state index is 6.15. The maximum absolute atomic E-state index is 6.15. The summed E-state index contributed by atoms with van der Waals surface area (Å²) in [5.74, 6) is 0. The molecule has 2 aromatic carbocycles. The molecule has 0 saturated carbocycles. The highest BCUT2D eigenvalue weighted by Crippen LogP contribution is 2.27. The van der Waals surface area contributed by atoms with E-state index >= 15 is 0 Å². The Hall–Kier alpha value is -2.68. The lowest BCUT2D eigenvalue weighted by Crippen LogP contribution is -2.19. The zero-order chi connectivity index (χ0) is 20.5. The molecule has 3 nitrogen and oxygen atoms in total. The van der Waals surface area contributed by atoms with Crippen molar-refractivity contribution in [2.45, 2.75) is 46.6 Å². The number of benzene rings is 2. The first-order valence-electron chi connectivity index (χ1n) is 10.0. The highest BCUT2D eigenvalue weighted by molar-refractivity contribution is 5.62. The van der Waals surface area contributed by atoms with Crippen molar-refractivity contribution >= 4 is 17.1 Å². The van der Waals surface area contributed by atoms with Gasteiger partial charge in [0.05, 0.1) is 0 Å². The predicted octanol–water partition coefficient (Wildman–Crippen LogP) is 6.18. The van der Waals surface area contributed by atoms with Gasteiger partial charge in [0.15, 0.2) is 0 Å². The SMILES string of the molecule is CNc1ccc(N(C)Cc2ccccc2N)c(CC=C(C)CCC=C(C)C)c1. The number of rotatable bonds is 9. The number of para-hydroxylation sites is 1. The molecule has 0 aromatic heterocycles. The fraction of sp³-hybridized carbons (Fsp3) is 0.360. The molecule has 0 heterocycles. The summed E-state index contributed by atoms with van der Waals surface area (Å²) in [7, 11) is 4.10. The molecule has 0 radical (unpaired) electrons. The van der Waals surface area contributed by atoms with Crippen molar-refractivity contribution in [1.82, 2.24) is 0 Å². The monoisotopic (exact) mass is 377 g/mol. The molecular formula is C25H35N3. The van der Waals surface area contributed by atoms with Gasteiger partial charge in [-0.15, -0.1) is 0 Å². The largest absolute Gasteiger partial charge is 0.398 e. The van der Waals surface area contributed by atoms with Crippen molar-refractivity contribution < 1.29 is 0 Å². The number of nitrogens with zero attached hydrogens (tertiary/aromatic N) is 1. The van der Waals surface area contributed by atoms with Crippen LogP contribution in [0.15, 0.2) is 65.8 Å². The number of hydrogen-bond donors (Lipinski definition) is 2. The zero-order valence-corrected chi connectivity index (χ0v) is 18.0. The predicted molar refractivity (Wildman–Crippen MR) is 125 cm³/mol. The summed E-state index contributed by atoms with van der Waals surface area (Å²) < 4.78 is 0. The van der Waals surface area contributed by atoms with Gasteiger partial charge in [0, 0.05) is 37.7 Å². The highest BCUT2D eigenvalue weighted by atomic mass is 15.1. The molecule has 0 aliphatic heterocycles. The van der Waals surface area contributed by atoms with Gasteiger partial charge in [-0.25, -0.2) is 0 Å². The fourth-order valence-electron chi connectivity index (χ4n) is 3.27. The molecule has 28 heavy (non-hydrogen) atoms. The second-order valence-corrected chi connectivity index (χ2v) is 7.72. The summed E-state index contributed by atoms with van der Waals surface area (Å²) in [4.78, 5) is 2.28. The average molecular weight is 378 g/mol. The van der Waals surface area contributed by atoms with Gasteiger partial charge in [-0.2, -0.15) is 0 Å². The average Bonchev–Trinajstić information content (AvgIpc) is 2.67. The van der Waals surface area contributed by atoms with Gasteiger partial charge >= 0.3 is 0 Å². The third-order valence-electron chi connectivity index (χ3n) is 5.00. The van der Waals surface area contributed by atoms with E-state index in [0.717, 1.165) is 42.7 Å². The first kappa shape index (κ1) is 21.6. The number of nitrogens with one attached hydrogen (secondary N) is 1. The second-order valence-electron chi connectivity index (χ2n) is 7.72. The lowest BCUT2D eigenvalue weighted by Gasteiger charge is -2.24. The van der Waals surface area contributed by atoms with Crippen molar-refractivity contribution in [2.24, 2.45) is 0 Å². The van der Waals surface area contributed by atoms with Crippen molar-refractivity contribution in [3.63, 3.8) is 0 Å². The molecule has 0 saturated heterocycles. The molecule has 0 fully saturated rings. The summed E-state index contributed by atoms with van der Waals surface area (Å²) in [5, 5.41) is 3.26. The Bertz CT molecular complexity index is 829. The third-order valence-corrected chi connectivity index (χ3v) is 5.00. The minimum Gasteiger partial charge on any atom is -0.398 e. The molecule has 0 amide bonds. The van der Waals surface area contributed by atoms with Gasteiger partial charge < -0.3 is 16.0 Å². The van der Waals surface area contributed by atoms with Gasteiger partial charge in [0.25, 0.3) is 0 Å². The molecular weight excluding hydrogens is 342 g/mol. The van der Waals surface area contributed by atoms with E-state index in [9.17, 15) is 0 Å². The van der Waals surface area contributed by atoms with Crippen LogP contribution < -0.4 is 16.0 Å². The quantitative estimate of drug-likeness (QED) is 0.405. The standard InChI is InChI=1S/C25H35N3/c1-19(2)9-8-10-20(3)13-14-21-17-23(27-4)15-16-25(21)28(5)18-22-11-6-7-12-24(22)26/h6-7,9,11-13,15-17,27H,8,10,14,18,26H2,1-5H3. The number of allylic oxidation sites excluding steroid dienone is 4. The van der Waals surface area contributed by atoms with Gasteiger partial charge in [0.1, 0.15) is 0 Å². The molecule has 0 unspecified atom stereocenters. The minimum absolute atomic E-state index is 0.793. The van der Waals surface area contributed by atoms with Crippen LogP contribution in [0.25, 0.3) is 0 Å². The van der Waals surface area contributed by atoms with E-state index in [1.807, 2.05) is 25.2 Å². The van der Waals surface area contributed by atoms with Crippen LogP contribution in [-0.2, 0) is 13.0 Å². The second kappa shape index (κ2) is 10.6. The van der Waals surface area contributed by atoms with Crippen LogP contribution in [-0.4, -0.2) is 14.1 Å². The summed E-state index contributed by atoms with van der Waals surface area (Å²) >= 11 is 0. The van der Waals surface area contributed by atoms with Gasteiger partial charge in [-0.1, -0.05) is 41.5 Å². The first-order valence-corrected chi connectivity index (χ1v) is 10.0. The van der Waals surface area contributed by atoms with E-state index in [1.54, 1.807) is 0 Å². The zero-order valence-electron chi connectivity index (χ0n) is 18.0. The fourth-order valence-corrected chi connectivity index (χ4v) is 3.27. The van der Waals surface area contributed by atoms with Crippen LogP contribution in [0.3, 0.4) is 0 Å². The molecule has 3 heteroatoms. The Morgan fingerprint density at radius 1 is 1.04 bits per heavy atom. The number of nitrogen functional groups attached to an aromatic ring is 1. The molecule has 2 aromatic rings. The van der Waals surface area contributed by atoms with Gasteiger partial charge in [0.2, 0.25) is 0 Å². The van der Waals surface area contributed by atoms with Crippen molar-refractivity contribution in [3.8, 4) is 0 Å². The summed E-state index contributed by atoms with van der Waals surface area (Å²) in [6.45, 7) is 7.34. The Labute approximate surface area is 171 Å². The Morgan fingerprint density at radius 3 is 2.46 bits per heavy atom. The minimum atomic E-state index is 0.793. The Kier molecular flexibility index (Phi) is 8.19. The molecule has 0 atom stereocenters. The van der Waals surface area contributed by atoms with Crippen molar-refractivity contribution in [1.29, 1.82) is 0 Å². The summed E-state index contributed by atoms with van der Waals surface area (Å²) in [6.07, 6.45) is 7.83. The van der Waals surface area contributed by atoms with E-state index < -0.39 is 0 Å². The van der Waals surface area contributed by atoms with E-state index in [0.29, 0.717) is 0 Å². The van der Waals surface area contributed by atoms with Gasteiger partial charge in [-0.3, -0.25) is 0 Å². The lowest BCUT2D eigenvalue weighted by atomic mass is 10.0. The number of nitrogens with two attached hydrogens (primary N) is 1. The maximum Gasteiger partial charge on any atom is 0.0446 e. The normalized spacial score (nSPS) is 11.2. The van der Waals surface area contributed by atoms with E-state index in [-0.39, 0.29) is 0 Å². The molecule has 0 aliphatic carbocycles. The molecule has 0 spiro atoms. The van der Waals surface area contributed by atoms with Crippen LogP contribution in [0.1, 0.15) is 44.7 Å². The lowest BCUT2D eigenvalue weighted by molar-refractivity contribution is 0.912. The van der Waals surface area contributed by atoms with E-state index in [2.05, 4.69) is 74.5 Å². The van der Waals surface area contributed by atoms with Crippen molar-refractivity contribution in [2.75, 3.05) is 30.0 Å². The van der Waals surface area contributed by atoms with Gasteiger partial charge in [-0.05, 0) is 75.4 Å². The third kappa shape index (κ3) is 6.49. The van der Waals surface area contributed by atoms with Crippen LogP contribution in [0, 0.1) is 0 Å². The summed E-state index contributed by atoms with van der Waals surface area (Å²) in [5.41, 5.74) is 14.7. The molecule has 2 rings (SSSR count). The van der Waals surface area contributed by atoms with E-state index in [4.69, 9.17) is 5.73 Å². The van der Waals surface area contributed by atoms with Crippen LogP contribution >= 0.6 is 0 Å². The molecule has 0 aliphatic rings. The van der Waals surface area contributed by atoms with Crippen LogP contribution in [0.4, 0.5) is 17.1 Å². The molecule has 0 bridgehead atoms. The first-order chi connectivity index (χ1) is 13.4. The summed E-state index contributed by atoms with van der Waals surface area (Å²) in [6, 6.07) is 14.7. The van der Waals surface area contributed by atoms with Crippen molar-refractivity contribution in [3.05, 3.63) is 76.9 Å².